The lowest BCUT2D eigenvalue weighted by Gasteiger charge is -2.06. The highest BCUT2D eigenvalue weighted by molar-refractivity contribution is 7.97. The highest BCUT2D eigenvalue weighted by atomic mass is 32.2. The van der Waals surface area contributed by atoms with Gasteiger partial charge in [-0.3, -0.25) is 0 Å². The van der Waals surface area contributed by atoms with Gasteiger partial charge in [0, 0.05) is 97.7 Å². The lowest BCUT2D eigenvalue weighted by atomic mass is 10.1. The largest absolute Gasteiger partial charge is 0.777 e. The molecule has 6 unspecified atom stereocenters. The fourth-order valence-corrected chi connectivity index (χ4v) is 15.9. The predicted molar refractivity (Wildman–Crippen MR) is 449 cm³/mol. The number of benzene rings is 12. The van der Waals surface area contributed by atoms with Gasteiger partial charge < -0.3 is 118 Å². The molecule has 12 aromatic rings. The second-order valence-electron chi connectivity index (χ2n) is 23.0. The number of aromatic hydroxyl groups is 12. The van der Waals surface area contributed by atoms with Crippen LogP contribution in [0.5, 0.6) is 69.0 Å². The van der Waals surface area contributed by atoms with Crippen LogP contribution in [0.4, 0.5) is 25.2 Å². The first-order valence-electron chi connectivity index (χ1n) is 31.3. The molecule has 6 atom stereocenters. The predicted octanol–water partition coefficient (Wildman–Crippen LogP) is 13.2. The Balaban J connectivity index is 0.000000646. The molecule has 12 N–H and O–H groups in total. The van der Waals surface area contributed by atoms with E-state index < -0.39 is 50.0 Å². The van der Waals surface area contributed by atoms with Crippen molar-refractivity contribution in [1.29, 1.82) is 0 Å². The van der Waals surface area contributed by atoms with Crippen molar-refractivity contribution in [2.24, 2.45) is 0 Å². The number of hydrogen-bond donors (Lipinski definition) is 12. The third-order valence-electron chi connectivity index (χ3n) is 14.4. The maximum Gasteiger partial charge on any atom is 0.169 e. The Morgan fingerprint density at radius 2 is 0.289 bits per heavy atom. The maximum atomic E-state index is 9.99. The van der Waals surface area contributed by atoms with E-state index in [1.54, 1.807) is 109 Å². The molecule has 114 heavy (non-hydrogen) atoms. The summed E-state index contributed by atoms with van der Waals surface area (Å²) in [6.45, 7) is 0. The van der Waals surface area contributed by atoms with E-state index in [0.29, 0.717) is 32.3 Å². The molecule has 24 nitrogen and oxygen atoms in total. The summed E-state index contributed by atoms with van der Waals surface area (Å²) in [5.41, 5.74) is 0. The van der Waals surface area contributed by atoms with E-state index in [-0.39, 0.29) is 134 Å². The van der Waals surface area contributed by atoms with Crippen LogP contribution in [0, 0.1) is 0 Å². The summed E-state index contributed by atoms with van der Waals surface area (Å²) in [5.74, 6) is 2.72. The monoisotopic (exact) mass is 1820 g/mol. The first-order chi connectivity index (χ1) is 53.0. The first kappa shape index (κ1) is 105. The third-order valence-corrected chi connectivity index (χ3v) is 21.7. The van der Waals surface area contributed by atoms with Crippen molar-refractivity contribution < 1.29 is 143 Å². The van der Waals surface area contributed by atoms with Gasteiger partial charge in [-0.05, 0) is 109 Å². The van der Waals surface area contributed by atoms with Crippen LogP contribution in [0.15, 0.2) is 211 Å². The molecule has 0 amide bonds. The third kappa shape index (κ3) is 35.2. The summed E-state index contributed by atoms with van der Waals surface area (Å²) < 4.78 is 110. The molecule has 0 heterocycles. The molecular weight excluding hydrogens is 1740 g/mol. The zero-order valence-corrected chi connectivity index (χ0v) is 73.2. The summed E-state index contributed by atoms with van der Waals surface area (Å²) in [5, 5.41) is 126. The van der Waals surface area contributed by atoms with Gasteiger partial charge in [0.2, 0.25) is 0 Å². The van der Waals surface area contributed by atoms with Crippen LogP contribution < -0.4 is 29.4 Å². The Kier molecular flexibility index (Phi) is 48.0. The van der Waals surface area contributed by atoms with Crippen molar-refractivity contribution in [1.82, 2.24) is 0 Å². The molecular formula is C72H84F6O24P6S6. The van der Waals surface area contributed by atoms with Gasteiger partial charge in [-0.15, -0.1) is 0 Å². The van der Waals surface area contributed by atoms with Crippen molar-refractivity contribution in [3.8, 4) is 69.0 Å². The molecule has 0 aliphatic carbocycles. The molecule has 0 aromatic heterocycles. The van der Waals surface area contributed by atoms with Gasteiger partial charge in [0.05, 0.1) is 32.3 Å². The van der Waals surface area contributed by atoms with Crippen LogP contribution >= 0.6 is 50.0 Å². The van der Waals surface area contributed by atoms with Crippen LogP contribution in [0.3, 0.4) is 0 Å². The van der Waals surface area contributed by atoms with E-state index in [1.165, 1.54) is 0 Å². The number of fused-ring (bicyclic) bond motifs is 6. The Labute approximate surface area is 674 Å². The number of rotatable bonds is 6. The van der Waals surface area contributed by atoms with Gasteiger partial charge in [0.15, 0.2) is 79.4 Å². The number of phenols is 12. The zero-order chi connectivity index (χ0) is 87.5. The average Bonchev–Trinajstić information content (AvgIpc) is 0.832. The Hall–Kier alpha value is -7.38. The van der Waals surface area contributed by atoms with Crippen molar-refractivity contribution in [2.75, 3.05) is 75.1 Å². The molecule has 12 aromatic carbocycles. The quantitative estimate of drug-likeness (QED) is 0.0418. The fourth-order valence-electron chi connectivity index (χ4n) is 10.1. The maximum absolute atomic E-state index is 9.99. The molecule has 0 radical (unpaired) electrons. The minimum atomic E-state index is -3.88. The summed E-state index contributed by atoms with van der Waals surface area (Å²) >= 11 is 0. The summed E-state index contributed by atoms with van der Waals surface area (Å²) in [4.78, 5) is 56.9. The smallest absolute Gasteiger partial charge is 0.169 e. The van der Waals surface area contributed by atoms with Gasteiger partial charge in [-0.1, -0.05) is 72.8 Å². The molecule has 12 rings (SSSR count). The minimum Gasteiger partial charge on any atom is -0.777 e. The summed E-state index contributed by atoms with van der Waals surface area (Å²) in [6.07, 6.45) is 25.1. The Morgan fingerprint density at radius 1 is 0.193 bits per heavy atom. The Morgan fingerprint density at radius 3 is 0.377 bits per heavy atom. The molecule has 0 spiro atoms. The first-order valence-corrected chi connectivity index (χ1v) is 50.7. The molecule has 42 heteroatoms. The van der Waals surface area contributed by atoms with E-state index in [9.17, 15) is 86.5 Å². The SMILES string of the molecule is C[S+](C)c1ccc(O)c2cccc(O)c12.C[S+](C)c1ccc(O)c2cccc(O)c12.C[S+](C)c1ccc(O)c2cccc(O)c12.C[S+](C)c1ccc(O)c2cccc(O)c12.C[S+](C)c1ccc(O)c2cccc(O)c12.C[S+](C)c1ccc(O)c2cccc(O)c12.O=[PH]([O-])F.O=[PH]([O-])F.O=[PH]([O-])F.O=[PH]([O-])F.O=[PH]([O-])F.O=[PH]([O-])F. The van der Waals surface area contributed by atoms with Crippen LogP contribution in [0.1, 0.15) is 0 Å². The highest BCUT2D eigenvalue weighted by Gasteiger charge is 2.24. The van der Waals surface area contributed by atoms with Crippen molar-refractivity contribution in [3.05, 3.63) is 182 Å². The van der Waals surface area contributed by atoms with Crippen molar-refractivity contribution in [2.45, 2.75) is 29.4 Å². The van der Waals surface area contributed by atoms with E-state index in [0.717, 1.165) is 61.7 Å². The van der Waals surface area contributed by atoms with E-state index in [1.807, 2.05) is 72.8 Å². The van der Waals surface area contributed by atoms with Crippen LogP contribution in [-0.4, -0.2) is 136 Å². The Bertz CT molecular complexity index is 4430. The minimum absolute atomic E-state index is 0.0568. The molecule has 0 aliphatic heterocycles. The van der Waals surface area contributed by atoms with Crippen LogP contribution in [0.25, 0.3) is 64.6 Å². The van der Waals surface area contributed by atoms with Gasteiger partial charge in [-0.25, -0.2) is 25.2 Å². The molecule has 0 bridgehead atoms. The second-order valence-corrected chi connectivity index (χ2v) is 38.3. The molecule has 0 saturated heterocycles. The second kappa shape index (κ2) is 52.3. The lowest BCUT2D eigenvalue weighted by Crippen LogP contribution is -1.96. The summed E-state index contributed by atoms with van der Waals surface area (Å²) in [7, 11) is -22.9. The number of hydrogen-bond acceptors (Lipinski definition) is 24. The van der Waals surface area contributed by atoms with Gasteiger partial charge in [0.1, 0.15) is 144 Å². The summed E-state index contributed by atoms with van der Waals surface area (Å²) in [6, 6.07) is 52.6. The van der Waals surface area contributed by atoms with Crippen molar-refractivity contribution in [3.63, 3.8) is 0 Å². The average molecular weight is 1830 g/mol. The molecule has 624 valence electrons. The van der Waals surface area contributed by atoms with Crippen LogP contribution in [-0.2, 0) is 92.8 Å². The lowest BCUT2D eigenvalue weighted by molar-refractivity contribution is -0.175. The van der Waals surface area contributed by atoms with Gasteiger partial charge >= 0.3 is 0 Å². The molecule has 0 saturated carbocycles. The fraction of sp³-hybridized carbons (Fsp3) is 0.167. The molecule has 0 fully saturated rings. The standard InChI is InChI=1S/6C12H12O2S.6FH2O2P/c6*1-15(2)11-7-6-9(13)8-4-3-5-10(14)12(8)11;6*1-4(2)3/h6*3-7H,1-2H3,(H-,13,14);6*4H,(H,2,3). The molecule has 0 aliphatic rings. The van der Waals surface area contributed by atoms with Crippen LogP contribution in [0.2, 0.25) is 0 Å². The topological polar surface area (TPSA) is 484 Å². The van der Waals surface area contributed by atoms with Gasteiger partial charge in [-0.2, -0.15) is 0 Å². The van der Waals surface area contributed by atoms with E-state index >= 15 is 0 Å². The normalized spacial score (nSPS) is 12.1. The zero-order valence-electron chi connectivity index (χ0n) is 62.3. The van der Waals surface area contributed by atoms with E-state index in [2.05, 4.69) is 75.1 Å². The van der Waals surface area contributed by atoms with Gasteiger partial charge in [0.25, 0.3) is 0 Å². The highest BCUT2D eigenvalue weighted by Crippen LogP contribution is 2.42. The number of phenolic OH excluding ortho intramolecular Hbond substituents is 12. The number of halogens is 6. The van der Waals surface area contributed by atoms with Crippen molar-refractivity contribution >= 4 is 180 Å². The van der Waals surface area contributed by atoms with E-state index in [4.69, 9.17) is 56.8 Å².